The largest absolute Gasteiger partial charge is 0.756 e. The number of nitrogens with one attached hydrogen (secondary N) is 1. The van der Waals surface area contributed by atoms with Crippen molar-refractivity contribution >= 4 is 13.7 Å². The quantitative estimate of drug-likeness (QED) is 0.0273. The fourth-order valence-electron chi connectivity index (χ4n) is 7.86. The van der Waals surface area contributed by atoms with Crippen molar-refractivity contribution in [3.8, 4) is 0 Å². The molecule has 0 aliphatic carbocycles. The Labute approximate surface area is 373 Å². The Morgan fingerprint density at radius 3 is 1.25 bits per heavy atom. The lowest BCUT2D eigenvalue weighted by atomic mass is 10.0. The molecule has 0 aromatic rings. The average molecular weight is 871 g/mol. The highest BCUT2D eigenvalue weighted by Gasteiger charge is 2.23. The molecular formula is C51H103N2O6P. The van der Waals surface area contributed by atoms with E-state index in [4.69, 9.17) is 9.05 Å². The average Bonchev–Trinajstić information content (AvgIpc) is 3.20. The van der Waals surface area contributed by atoms with E-state index in [0.29, 0.717) is 17.4 Å². The number of phosphoric acid groups is 1. The van der Waals surface area contributed by atoms with Crippen molar-refractivity contribution in [3.05, 3.63) is 12.2 Å². The van der Waals surface area contributed by atoms with E-state index < -0.39 is 20.0 Å². The molecule has 8 nitrogen and oxygen atoms in total. The van der Waals surface area contributed by atoms with Gasteiger partial charge in [0.15, 0.2) is 0 Å². The molecule has 0 heterocycles. The minimum atomic E-state index is -4.58. The van der Waals surface area contributed by atoms with E-state index in [1.807, 2.05) is 27.2 Å². The molecule has 9 heteroatoms. The van der Waals surface area contributed by atoms with Crippen LogP contribution < -0.4 is 10.2 Å². The van der Waals surface area contributed by atoms with Crippen LogP contribution in [0.4, 0.5) is 0 Å². The molecule has 0 aromatic carbocycles. The number of unbranched alkanes of at least 4 members (excludes halogenated alkanes) is 35. The predicted octanol–water partition coefficient (Wildman–Crippen LogP) is 14.5. The molecule has 0 saturated heterocycles. The van der Waals surface area contributed by atoms with Crippen molar-refractivity contribution in [1.29, 1.82) is 0 Å². The summed E-state index contributed by atoms with van der Waals surface area (Å²) in [6.45, 7) is 4.64. The molecule has 0 rings (SSSR count). The lowest BCUT2D eigenvalue weighted by Gasteiger charge is -2.29. The minimum absolute atomic E-state index is 0.00186. The first kappa shape index (κ1) is 59.2. The number of aliphatic hydroxyl groups is 1. The van der Waals surface area contributed by atoms with Crippen LogP contribution in [-0.2, 0) is 18.4 Å². The third kappa shape index (κ3) is 45.3. The maximum absolute atomic E-state index is 12.9. The predicted molar refractivity (Wildman–Crippen MR) is 256 cm³/mol. The normalized spacial score (nSPS) is 14.2. The van der Waals surface area contributed by atoms with Gasteiger partial charge in [0.2, 0.25) is 5.91 Å². The van der Waals surface area contributed by atoms with E-state index in [1.54, 1.807) is 6.08 Å². The molecule has 0 aliphatic heterocycles. The van der Waals surface area contributed by atoms with E-state index in [-0.39, 0.29) is 19.1 Å². The zero-order valence-electron chi connectivity index (χ0n) is 40.7. The maximum atomic E-state index is 12.9. The van der Waals surface area contributed by atoms with E-state index >= 15 is 0 Å². The van der Waals surface area contributed by atoms with Gasteiger partial charge in [-0.25, -0.2) is 0 Å². The number of quaternary nitrogens is 1. The molecule has 0 saturated carbocycles. The molecule has 3 atom stereocenters. The highest BCUT2D eigenvalue weighted by molar-refractivity contribution is 7.45. The Hall–Kier alpha value is -0.760. The zero-order chi connectivity index (χ0) is 44.3. The Morgan fingerprint density at radius 2 is 0.900 bits per heavy atom. The van der Waals surface area contributed by atoms with Crippen molar-refractivity contribution in [3.63, 3.8) is 0 Å². The molecular weight excluding hydrogens is 768 g/mol. The molecule has 0 bridgehead atoms. The third-order valence-corrected chi connectivity index (χ3v) is 13.0. The van der Waals surface area contributed by atoms with Crippen molar-refractivity contribution in [1.82, 2.24) is 5.32 Å². The summed E-state index contributed by atoms with van der Waals surface area (Å²) in [5.41, 5.74) is 0. The molecule has 0 aromatic heterocycles. The highest BCUT2D eigenvalue weighted by atomic mass is 31.2. The summed E-state index contributed by atoms with van der Waals surface area (Å²) in [5, 5.41) is 13.7. The lowest BCUT2D eigenvalue weighted by Crippen LogP contribution is -2.45. The summed E-state index contributed by atoms with van der Waals surface area (Å²) >= 11 is 0. The van der Waals surface area contributed by atoms with Gasteiger partial charge in [-0.3, -0.25) is 9.36 Å². The highest BCUT2D eigenvalue weighted by Crippen LogP contribution is 2.38. The molecule has 1 amide bonds. The van der Waals surface area contributed by atoms with Crippen molar-refractivity contribution < 1.29 is 32.9 Å². The smallest absolute Gasteiger partial charge is 0.268 e. The van der Waals surface area contributed by atoms with Crippen LogP contribution in [0.5, 0.6) is 0 Å². The molecule has 1 unspecified atom stereocenters. The van der Waals surface area contributed by atoms with Crippen LogP contribution in [0.2, 0.25) is 0 Å². The topological polar surface area (TPSA) is 108 Å². The second-order valence-electron chi connectivity index (χ2n) is 19.2. The number of carbonyl (C=O) groups excluding carboxylic acids is 1. The van der Waals surface area contributed by atoms with Crippen molar-refractivity contribution in [2.24, 2.45) is 0 Å². The number of aliphatic hydroxyl groups excluding tert-OH is 1. The van der Waals surface area contributed by atoms with Gasteiger partial charge in [-0.1, -0.05) is 244 Å². The summed E-state index contributed by atoms with van der Waals surface area (Å²) in [6.07, 6.45) is 51.6. The van der Waals surface area contributed by atoms with Gasteiger partial charge < -0.3 is 28.8 Å². The molecule has 0 fully saturated rings. The number of carbonyl (C=O) groups is 1. The molecule has 0 spiro atoms. The van der Waals surface area contributed by atoms with Crippen molar-refractivity contribution in [2.75, 3.05) is 40.9 Å². The van der Waals surface area contributed by atoms with Crippen LogP contribution in [-0.4, -0.2) is 68.5 Å². The molecule has 60 heavy (non-hydrogen) atoms. The number of hydrogen-bond donors (Lipinski definition) is 2. The van der Waals surface area contributed by atoms with E-state index in [0.717, 1.165) is 38.5 Å². The fraction of sp³-hybridized carbons (Fsp3) is 0.941. The number of allylic oxidation sites excluding steroid dienone is 1. The van der Waals surface area contributed by atoms with Crippen LogP contribution in [0.1, 0.15) is 258 Å². The Bertz CT molecular complexity index is 989. The van der Waals surface area contributed by atoms with Gasteiger partial charge in [0.1, 0.15) is 13.2 Å². The van der Waals surface area contributed by atoms with Gasteiger partial charge in [0.05, 0.1) is 39.9 Å². The summed E-state index contributed by atoms with van der Waals surface area (Å²) in [7, 11) is 1.27. The monoisotopic (exact) mass is 871 g/mol. The van der Waals surface area contributed by atoms with Gasteiger partial charge in [0.25, 0.3) is 7.82 Å². The molecule has 0 aliphatic rings. The number of hydrogen-bond acceptors (Lipinski definition) is 6. The van der Waals surface area contributed by atoms with Gasteiger partial charge in [-0.2, -0.15) is 0 Å². The summed E-state index contributed by atoms with van der Waals surface area (Å²) < 4.78 is 23.2. The third-order valence-electron chi connectivity index (χ3n) is 12.0. The molecule has 2 N–H and O–H groups in total. The number of amides is 1. The van der Waals surface area contributed by atoms with Gasteiger partial charge in [-0.15, -0.1) is 0 Å². The molecule has 0 radical (unpaired) electrons. The van der Waals surface area contributed by atoms with Crippen LogP contribution in [0.3, 0.4) is 0 Å². The number of nitrogens with zero attached hydrogens (tertiary/aromatic N) is 1. The minimum Gasteiger partial charge on any atom is -0.756 e. The second-order valence-corrected chi connectivity index (χ2v) is 20.7. The first-order valence-electron chi connectivity index (χ1n) is 26.1. The summed E-state index contributed by atoms with van der Waals surface area (Å²) in [5.74, 6) is -0.195. The van der Waals surface area contributed by atoms with Crippen LogP contribution in [0.25, 0.3) is 0 Å². The van der Waals surface area contributed by atoms with Gasteiger partial charge >= 0.3 is 0 Å². The zero-order valence-corrected chi connectivity index (χ0v) is 41.6. The fourth-order valence-corrected chi connectivity index (χ4v) is 8.58. The van der Waals surface area contributed by atoms with Crippen LogP contribution >= 0.6 is 7.82 Å². The van der Waals surface area contributed by atoms with Crippen LogP contribution in [0.15, 0.2) is 12.2 Å². The number of phosphoric ester groups is 1. The number of likely N-dealkylation sites (N-methyl/N-ethyl adjacent to an activating group) is 1. The lowest BCUT2D eigenvalue weighted by molar-refractivity contribution is -0.870. The Kier molecular flexibility index (Phi) is 42.9. The van der Waals surface area contributed by atoms with E-state index in [1.165, 1.54) is 199 Å². The number of rotatable bonds is 48. The van der Waals surface area contributed by atoms with Crippen LogP contribution in [0, 0.1) is 0 Å². The Balaban J connectivity index is 3.96. The van der Waals surface area contributed by atoms with Gasteiger partial charge in [0, 0.05) is 6.42 Å². The summed E-state index contributed by atoms with van der Waals surface area (Å²) in [6, 6.07) is -0.879. The first-order valence-corrected chi connectivity index (χ1v) is 27.5. The second kappa shape index (κ2) is 43.5. The molecule has 358 valence electrons. The summed E-state index contributed by atoms with van der Waals surface area (Å²) in [4.78, 5) is 25.3. The van der Waals surface area contributed by atoms with E-state index in [9.17, 15) is 19.4 Å². The van der Waals surface area contributed by atoms with E-state index in [2.05, 4.69) is 19.2 Å². The Morgan fingerprint density at radius 1 is 0.567 bits per heavy atom. The first-order chi connectivity index (χ1) is 29.0. The van der Waals surface area contributed by atoms with Crippen molar-refractivity contribution in [2.45, 2.75) is 270 Å². The maximum Gasteiger partial charge on any atom is 0.268 e. The SMILES string of the molecule is CCCCCCCCC/C=C/[C@@H](O)[C@H](COP(=O)([O-])OCC[N+](C)(C)C)NC(=O)CCCCCCCCCCCCCCCCCCCCCCCCCCCCCCC. The van der Waals surface area contributed by atoms with Gasteiger partial charge in [-0.05, 0) is 19.3 Å². The standard InChI is InChI=1S/C51H103N2O6P/c1-6-8-10-12-14-16-17-18-19-20-21-22-23-24-25-26-27-28-29-30-31-32-33-34-35-37-39-41-43-45-51(55)52-49(48-59-60(56,57)58-47-46-53(3,4)5)50(54)44-42-40-38-36-15-13-11-9-7-2/h42,44,49-50,54H,6-41,43,45-48H2,1-5H3,(H-,52,55,56,57)/b44-42+/t49-,50+/m0/s1.